The number of carbonyl (C=O) groups is 1. The highest BCUT2D eigenvalue weighted by molar-refractivity contribution is 5.95. The highest BCUT2D eigenvalue weighted by atomic mass is 16.5. The third-order valence-electron chi connectivity index (χ3n) is 4.40. The van der Waals surface area contributed by atoms with Crippen molar-refractivity contribution in [2.45, 2.75) is 0 Å². The summed E-state index contributed by atoms with van der Waals surface area (Å²) in [7, 11) is 3.01. The molecule has 6 nitrogen and oxygen atoms in total. The molecule has 0 unspecified atom stereocenters. The topological polar surface area (TPSA) is 77.1 Å². The monoisotopic (exact) mass is 359 g/mol. The van der Waals surface area contributed by atoms with Crippen molar-refractivity contribution < 1.29 is 14.3 Å². The average molecular weight is 359 g/mol. The molecule has 2 aromatic carbocycles. The Balaban J connectivity index is 1.85. The molecule has 4 rings (SSSR count). The summed E-state index contributed by atoms with van der Waals surface area (Å²) < 4.78 is 10.3. The van der Waals surface area contributed by atoms with Crippen molar-refractivity contribution >= 4 is 17.0 Å². The summed E-state index contributed by atoms with van der Waals surface area (Å²) in [6, 6.07) is 17.0. The number of para-hydroxylation sites is 1. The molecule has 2 heterocycles. The van der Waals surface area contributed by atoms with E-state index in [1.807, 2.05) is 42.5 Å². The zero-order valence-corrected chi connectivity index (χ0v) is 14.9. The highest BCUT2D eigenvalue weighted by Gasteiger charge is 2.14. The number of pyridine rings is 1. The number of benzene rings is 2. The summed E-state index contributed by atoms with van der Waals surface area (Å²) in [4.78, 5) is 16.3. The van der Waals surface area contributed by atoms with Crippen LogP contribution in [-0.4, -0.2) is 35.4 Å². The Hall–Kier alpha value is -3.67. The third-order valence-corrected chi connectivity index (χ3v) is 4.40. The van der Waals surface area contributed by atoms with Crippen LogP contribution in [-0.2, 0) is 4.74 Å². The zero-order valence-electron chi connectivity index (χ0n) is 14.9. The number of H-pyrrole nitrogens is 1. The molecule has 2 aromatic heterocycles. The number of esters is 1. The van der Waals surface area contributed by atoms with E-state index in [1.54, 1.807) is 25.4 Å². The van der Waals surface area contributed by atoms with E-state index in [4.69, 9.17) is 9.47 Å². The Kier molecular flexibility index (Phi) is 4.30. The van der Waals surface area contributed by atoms with Crippen LogP contribution >= 0.6 is 0 Å². The molecule has 0 spiro atoms. The molecule has 6 heteroatoms. The van der Waals surface area contributed by atoms with Gasteiger partial charge in [0.05, 0.1) is 25.5 Å². The Bertz CT molecular complexity index is 1130. The van der Waals surface area contributed by atoms with Gasteiger partial charge in [-0.1, -0.05) is 24.3 Å². The molecule has 27 heavy (non-hydrogen) atoms. The minimum Gasteiger partial charge on any atom is -0.496 e. The van der Waals surface area contributed by atoms with E-state index in [1.165, 1.54) is 7.11 Å². The standard InChI is InChI=1S/C21H17N3O3/c1-26-18-9-4-3-8-16(18)19-17-11-15(12-22-20(17)24-23-19)13-6-5-7-14(10-13)21(25)27-2/h3-12H,1-2H3,(H,22,23,24). The minimum atomic E-state index is -0.371. The number of nitrogens with one attached hydrogen (secondary N) is 1. The first-order valence-electron chi connectivity index (χ1n) is 8.37. The number of carbonyl (C=O) groups excluding carboxylic acids is 1. The van der Waals surface area contributed by atoms with Crippen molar-refractivity contribution in [1.29, 1.82) is 0 Å². The van der Waals surface area contributed by atoms with Crippen molar-refractivity contribution in [1.82, 2.24) is 15.2 Å². The maximum Gasteiger partial charge on any atom is 0.337 e. The van der Waals surface area contributed by atoms with Gasteiger partial charge < -0.3 is 9.47 Å². The number of nitrogens with zero attached hydrogens (tertiary/aromatic N) is 2. The quantitative estimate of drug-likeness (QED) is 0.556. The largest absolute Gasteiger partial charge is 0.496 e. The van der Waals surface area contributed by atoms with Gasteiger partial charge in [0.2, 0.25) is 0 Å². The van der Waals surface area contributed by atoms with Gasteiger partial charge in [-0.15, -0.1) is 0 Å². The van der Waals surface area contributed by atoms with Crippen LogP contribution in [0.3, 0.4) is 0 Å². The maximum absolute atomic E-state index is 11.8. The van der Waals surface area contributed by atoms with Gasteiger partial charge in [0.25, 0.3) is 0 Å². The van der Waals surface area contributed by atoms with Crippen molar-refractivity contribution in [3.8, 4) is 28.1 Å². The van der Waals surface area contributed by atoms with Crippen LogP contribution in [0.2, 0.25) is 0 Å². The smallest absolute Gasteiger partial charge is 0.337 e. The first-order chi connectivity index (χ1) is 13.2. The van der Waals surface area contributed by atoms with E-state index < -0.39 is 0 Å². The Morgan fingerprint density at radius 3 is 2.67 bits per heavy atom. The van der Waals surface area contributed by atoms with Crippen molar-refractivity contribution in [3.63, 3.8) is 0 Å². The van der Waals surface area contributed by atoms with Crippen LogP contribution in [0, 0.1) is 0 Å². The van der Waals surface area contributed by atoms with Crippen molar-refractivity contribution in [2.24, 2.45) is 0 Å². The second kappa shape index (κ2) is 6.92. The number of fused-ring (bicyclic) bond motifs is 1. The van der Waals surface area contributed by atoms with Crippen molar-refractivity contribution in [3.05, 3.63) is 66.4 Å². The van der Waals surface area contributed by atoms with Crippen LogP contribution in [0.15, 0.2) is 60.8 Å². The molecule has 0 saturated heterocycles. The molecule has 0 radical (unpaired) electrons. The fourth-order valence-electron chi connectivity index (χ4n) is 3.06. The summed E-state index contributed by atoms with van der Waals surface area (Å²) in [5.74, 6) is 0.380. The van der Waals surface area contributed by atoms with Gasteiger partial charge in [-0.05, 0) is 35.9 Å². The Labute approximate surface area is 155 Å². The second-order valence-electron chi connectivity index (χ2n) is 5.97. The minimum absolute atomic E-state index is 0.371. The maximum atomic E-state index is 11.8. The van der Waals surface area contributed by atoms with Gasteiger partial charge in [-0.2, -0.15) is 5.10 Å². The lowest BCUT2D eigenvalue weighted by molar-refractivity contribution is 0.0601. The van der Waals surface area contributed by atoms with Gasteiger partial charge in [0, 0.05) is 22.7 Å². The Morgan fingerprint density at radius 2 is 1.85 bits per heavy atom. The molecule has 134 valence electrons. The molecule has 0 atom stereocenters. The van der Waals surface area contributed by atoms with Gasteiger partial charge in [0.15, 0.2) is 5.65 Å². The van der Waals surface area contributed by atoms with E-state index in [2.05, 4.69) is 15.2 Å². The summed E-state index contributed by atoms with van der Waals surface area (Å²) in [5, 5.41) is 8.23. The molecule has 0 fully saturated rings. The normalized spacial score (nSPS) is 10.7. The zero-order chi connectivity index (χ0) is 18.8. The van der Waals surface area contributed by atoms with Crippen LogP contribution in [0.4, 0.5) is 0 Å². The van der Waals surface area contributed by atoms with Crippen LogP contribution in [0.1, 0.15) is 10.4 Å². The van der Waals surface area contributed by atoms with E-state index >= 15 is 0 Å². The number of aromatic nitrogens is 3. The van der Waals surface area contributed by atoms with Crippen LogP contribution in [0.25, 0.3) is 33.4 Å². The second-order valence-corrected chi connectivity index (χ2v) is 5.97. The van der Waals surface area contributed by atoms with Gasteiger partial charge >= 0.3 is 5.97 Å². The van der Waals surface area contributed by atoms with Gasteiger partial charge in [-0.3, -0.25) is 5.10 Å². The molecule has 1 N–H and O–H groups in total. The summed E-state index contributed by atoms with van der Waals surface area (Å²) >= 11 is 0. The molecule has 0 aliphatic rings. The van der Waals surface area contributed by atoms with E-state index in [0.29, 0.717) is 11.2 Å². The Morgan fingerprint density at radius 1 is 1.00 bits per heavy atom. The first kappa shape index (κ1) is 16.8. The fourth-order valence-corrected chi connectivity index (χ4v) is 3.06. The lowest BCUT2D eigenvalue weighted by Gasteiger charge is -2.07. The lowest BCUT2D eigenvalue weighted by Crippen LogP contribution is -2.00. The molecule has 0 bridgehead atoms. The summed E-state index contributed by atoms with van der Waals surface area (Å²) in [5.41, 5.74) is 4.60. The molecular weight excluding hydrogens is 342 g/mol. The van der Waals surface area contributed by atoms with Crippen LogP contribution in [0.5, 0.6) is 5.75 Å². The van der Waals surface area contributed by atoms with Gasteiger partial charge in [-0.25, -0.2) is 9.78 Å². The van der Waals surface area contributed by atoms with Crippen molar-refractivity contribution in [2.75, 3.05) is 14.2 Å². The molecule has 0 amide bonds. The number of hydrogen-bond donors (Lipinski definition) is 1. The predicted octanol–water partition coefficient (Wildman–Crippen LogP) is 4.09. The third kappa shape index (κ3) is 3.01. The van der Waals surface area contributed by atoms with E-state index in [0.717, 1.165) is 33.5 Å². The predicted molar refractivity (Wildman–Crippen MR) is 103 cm³/mol. The molecular formula is C21H17N3O3. The highest BCUT2D eigenvalue weighted by Crippen LogP contribution is 2.34. The molecule has 0 saturated carbocycles. The number of hydrogen-bond acceptors (Lipinski definition) is 5. The number of aromatic amines is 1. The number of methoxy groups -OCH3 is 2. The van der Waals surface area contributed by atoms with E-state index in [9.17, 15) is 4.79 Å². The molecule has 0 aliphatic heterocycles. The first-order valence-corrected chi connectivity index (χ1v) is 8.37. The van der Waals surface area contributed by atoms with Crippen LogP contribution < -0.4 is 4.74 Å². The summed E-state index contributed by atoms with van der Waals surface area (Å²) in [6.45, 7) is 0. The number of ether oxygens (including phenoxy) is 2. The number of rotatable bonds is 4. The van der Waals surface area contributed by atoms with E-state index in [-0.39, 0.29) is 5.97 Å². The van der Waals surface area contributed by atoms with Gasteiger partial charge in [0.1, 0.15) is 5.75 Å². The lowest BCUT2D eigenvalue weighted by atomic mass is 10.0. The summed E-state index contributed by atoms with van der Waals surface area (Å²) in [6.07, 6.45) is 1.74. The SMILES string of the molecule is COC(=O)c1cccc(-c2cnc3n[nH]c(-c4ccccc4OC)c3c2)c1. The molecule has 4 aromatic rings. The fraction of sp³-hybridized carbons (Fsp3) is 0.0952. The molecule has 0 aliphatic carbocycles. The average Bonchev–Trinajstić information content (AvgIpc) is 3.16.